The van der Waals surface area contributed by atoms with E-state index < -0.39 is 0 Å². The number of nitrogens with zero attached hydrogens (tertiary/aromatic N) is 2. The molecule has 30 heavy (non-hydrogen) atoms. The first-order chi connectivity index (χ1) is 14.5. The lowest BCUT2D eigenvalue weighted by atomic mass is 9.77. The van der Waals surface area contributed by atoms with E-state index in [9.17, 15) is 0 Å². The minimum atomic E-state index is 0.0219. The van der Waals surface area contributed by atoms with E-state index in [4.69, 9.17) is 4.74 Å². The first-order valence-corrected chi connectivity index (χ1v) is 11.3. The highest BCUT2D eigenvalue weighted by atomic mass is 16.5. The number of allylic oxidation sites excluding steroid dienone is 1. The smallest absolute Gasteiger partial charge is 0.209 e. The molecule has 3 nitrogen and oxygen atoms in total. The van der Waals surface area contributed by atoms with Gasteiger partial charge in [0.15, 0.2) is 5.71 Å². The monoisotopic (exact) mass is 405 g/mol. The summed E-state index contributed by atoms with van der Waals surface area (Å²) in [5, 5.41) is 0. The number of rotatable bonds is 9. The topological polar surface area (TPSA) is 15.5 Å². The van der Waals surface area contributed by atoms with Gasteiger partial charge in [-0.05, 0) is 44.4 Å². The first kappa shape index (κ1) is 22.1. The lowest BCUT2D eigenvalue weighted by molar-refractivity contribution is -0.401. The Morgan fingerprint density at radius 1 is 1.00 bits per heavy atom. The van der Waals surface area contributed by atoms with Crippen molar-refractivity contribution in [2.24, 2.45) is 0 Å². The average molecular weight is 406 g/mol. The van der Waals surface area contributed by atoms with Gasteiger partial charge in [-0.1, -0.05) is 39.0 Å². The molecule has 0 spiro atoms. The molecule has 1 heterocycles. The molecule has 1 unspecified atom stereocenters. The highest BCUT2D eigenvalue weighted by Crippen LogP contribution is 2.41. The standard InChI is InChI=1S/C27H37N2O/c1-7-18-29(19-8-2)22-16-14-21(25(20-22)30-6)15-17-26-27(4,9-3)23-12-10-11-13-24(23)28(26)5/h10-17,20H,7-9,18-19H2,1-6H3/q+1. The molecule has 1 aliphatic heterocycles. The molecule has 0 fully saturated rings. The quantitative estimate of drug-likeness (QED) is 0.447. The first-order valence-electron chi connectivity index (χ1n) is 11.3. The molecule has 3 rings (SSSR count). The van der Waals surface area contributed by atoms with Crippen LogP contribution in [0.3, 0.4) is 0 Å². The molecule has 0 amide bonds. The molecular weight excluding hydrogens is 368 g/mol. The summed E-state index contributed by atoms with van der Waals surface area (Å²) in [5.41, 5.74) is 6.42. The van der Waals surface area contributed by atoms with Gasteiger partial charge in [0.25, 0.3) is 0 Å². The van der Waals surface area contributed by atoms with Crippen LogP contribution in [-0.2, 0) is 5.41 Å². The van der Waals surface area contributed by atoms with Gasteiger partial charge in [0.2, 0.25) is 5.69 Å². The molecule has 3 heteroatoms. The Bertz CT molecular complexity index is 938. The highest BCUT2D eigenvalue weighted by Gasteiger charge is 2.44. The van der Waals surface area contributed by atoms with Crippen LogP contribution in [-0.4, -0.2) is 37.5 Å². The Morgan fingerprint density at radius 2 is 1.70 bits per heavy atom. The summed E-state index contributed by atoms with van der Waals surface area (Å²) in [6.45, 7) is 11.2. The molecule has 2 aromatic carbocycles. The summed E-state index contributed by atoms with van der Waals surface area (Å²) in [6.07, 6.45) is 7.83. The third kappa shape index (κ3) is 4.03. The fourth-order valence-corrected chi connectivity index (χ4v) is 4.65. The van der Waals surface area contributed by atoms with Crippen LogP contribution < -0.4 is 9.64 Å². The summed E-state index contributed by atoms with van der Waals surface area (Å²) in [7, 11) is 3.94. The van der Waals surface area contributed by atoms with Crippen molar-refractivity contribution in [3.63, 3.8) is 0 Å². The zero-order valence-corrected chi connectivity index (χ0v) is 19.5. The van der Waals surface area contributed by atoms with Crippen LogP contribution in [0.5, 0.6) is 5.75 Å². The second-order valence-corrected chi connectivity index (χ2v) is 8.39. The highest BCUT2D eigenvalue weighted by molar-refractivity contribution is 6.05. The molecular formula is C27H37N2O+. The summed E-state index contributed by atoms with van der Waals surface area (Å²) >= 11 is 0. The summed E-state index contributed by atoms with van der Waals surface area (Å²) < 4.78 is 8.11. The zero-order valence-electron chi connectivity index (χ0n) is 19.5. The normalized spacial score (nSPS) is 18.2. The Morgan fingerprint density at radius 3 is 2.33 bits per heavy atom. The Balaban J connectivity index is 1.95. The number of para-hydroxylation sites is 1. The van der Waals surface area contributed by atoms with E-state index in [1.807, 2.05) is 0 Å². The van der Waals surface area contributed by atoms with E-state index in [-0.39, 0.29) is 5.41 Å². The van der Waals surface area contributed by atoms with E-state index >= 15 is 0 Å². The van der Waals surface area contributed by atoms with Crippen molar-refractivity contribution in [1.82, 2.24) is 0 Å². The number of anilines is 1. The number of methoxy groups -OCH3 is 1. The molecule has 1 aliphatic rings. The van der Waals surface area contributed by atoms with E-state index in [2.05, 4.69) is 98.8 Å². The summed E-state index contributed by atoms with van der Waals surface area (Å²) in [5.74, 6) is 0.929. The average Bonchev–Trinajstić information content (AvgIpc) is 2.99. The maximum atomic E-state index is 5.77. The molecule has 0 saturated carbocycles. The molecule has 0 N–H and O–H groups in total. The lowest BCUT2D eigenvalue weighted by Crippen LogP contribution is -2.29. The number of benzene rings is 2. The molecule has 1 atom stereocenters. The minimum absolute atomic E-state index is 0.0219. The van der Waals surface area contributed by atoms with Crippen LogP contribution in [0, 0.1) is 0 Å². The largest absolute Gasteiger partial charge is 0.496 e. The van der Waals surface area contributed by atoms with Crippen molar-refractivity contribution in [1.29, 1.82) is 0 Å². The number of hydrogen-bond acceptors (Lipinski definition) is 2. The fourth-order valence-electron chi connectivity index (χ4n) is 4.65. The Hall–Kier alpha value is -2.55. The van der Waals surface area contributed by atoms with Gasteiger partial charge in [-0.15, -0.1) is 0 Å². The molecule has 0 aromatic heterocycles. The number of hydrogen-bond donors (Lipinski definition) is 0. The van der Waals surface area contributed by atoms with Gasteiger partial charge in [0, 0.05) is 48.1 Å². The van der Waals surface area contributed by atoms with Crippen LogP contribution >= 0.6 is 0 Å². The van der Waals surface area contributed by atoms with Crippen LogP contribution in [0.15, 0.2) is 48.5 Å². The number of fused-ring (bicyclic) bond motifs is 1. The summed E-state index contributed by atoms with van der Waals surface area (Å²) in [4.78, 5) is 2.44. The van der Waals surface area contributed by atoms with Gasteiger partial charge < -0.3 is 9.64 Å². The lowest BCUT2D eigenvalue weighted by Gasteiger charge is -2.24. The van der Waals surface area contributed by atoms with Gasteiger partial charge in [-0.25, -0.2) is 0 Å². The third-order valence-corrected chi connectivity index (χ3v) is 6.48. The van der Waals surface area contributed by atoms with E-state index in [0.29, 0.717) is 0 Å². The van der Waals surface area contributed by atoms with E-state index in [1.165, 1.54) is 22.6 Å². The van der Waals surface area contributed by atoms with Crippen molar-refractivity contribution in [2.75, 3.05) is 32.1 Å². The van der Waals surface area contributed by atoms with Gasteiger partial charge >= 0.3 is 0 Å². The van der Waals surface area contributed by atoms with Crippen LogP contribution in [0.1, 0.15) is 58.1 Å². The molecule has 0 bridgehead atoms. The number of ether oxygens (including phenoxy) is 1. The van der Waals surface area contributed by atoms with Crippen LogP contribution in [0.2, 0.25) is 0 Å². The maximum Gasteiger partial charge on any atom is 0.209 e. The van der Waals surface area contributed by atoms with Gasteiger partial charge in [0.05, 0.1) is 12.5 Å². The van der Waals surface area contributed by atoms with Gasteiger partial charge in [0.1, 0.15) is 12.8 Å². The van der Waals surface area contributed by atoms with Gasteiger partial charge in [-0.3, -0.25) is 0 Å². The Labute approximate surface area is 182 Å². The van der Waals surface area contributed by atoms with Crippen LogP contribution in [0.25, 0.3) is 6.08 Å². The second-order valence-electron chi connectivity index (χ2n) is 8.39. The van der Waals surface area contributed by atoms with Crippen molar-refractivity contribution in [2.45, 2.75) is 52.4 Å². The van der Waals surface area contributed by atoms with Crippen molar-refractivity contribution in [3.05, 3.63) is 59.7 Å². The fraction of sp³-hybridized carbons (Fsp3) is 0.444. The van der Waals surface area contributed by atoms with E-state index in [0.717, 1.165) is 43.7 Å². The van der Waals surface area contributed by atoms with E-state index in [1.54, 1.807) is 7.11 Å². The Kier molecular flexibility index (Phi) is 7.02. The molecule has 160 valence electrons. The molecule has 2 aromatic rings. The van der Waals surface area contributed by atoms with Crippen molar-refractivity contribution in [3.8, 4) is 5.75 Å². The molecule has 0 radical (unpaired) electrons. The van der Waals surface area contributed by atoms with Gasteiger partial charge in [-0.2, -0.15) is 4.58 Å². The molecule has 0 aliphatic carbocycles. The summed E-state index contributed by atoms with van der Waals surface area (Å²) in [6, 6.07) is 15.4. The minimum Gasteiger partial charge on any atom is -0.496 e. The molecule has 0 saturated heterocycles. The SMILES string of the molecule is CCCN(CCC)c1ccc(/C=C/C2=[N+](C)c3ccccc3C2(C)CC)c(OC)c1. The zero-order chi connectivity index (χ0) is 21.7. The third-order valence-electron chi connectivity index (χ3n) is 6.48. The van der Waals surface area contributed by atoms with Crippen LogP contribution in [0.4, 0.5) is 11.4 Å². The maximum absolute atomic E-state index is 5.77. The van der Waals surface area contributed by atoms with Crippen molar-refractivity contribution < 1.29 is 9.31 Å². The predicted molar refractivity (Wildman–Crippen MR) is 130 cm³/mol. The second kappa shape index (κ2) is 9.51. The predicted octanol–water partition coefficient (Wildman–Crippen LogP) is 6.43. The van der Waals surface area contributed by atoms with Crippen molar-refractivity contribution >= 4 is 23.2 Å².